The minimum atomic E-state index is -2.93. The molecule has 0 saturated carbocycles. The van der Waals surface area contributed by atoms with Gasteiger partial charge in [0.2, 0.25) is 0 Å². The van der Waals surface area contributed by atoms with Crippen LogP contribution in [0.4, 0.5) is 4.39 Å². The van der Waals surface area contributed by atoms with E-state index in [1.165, 1.54) is 0 Å². The Morgan fingerprint density at radius 3 is 2.47 bits per heavy atom. The highest BCUT2D eigenvalue weighted by Gasteiger charge is 2.31. The summed E-state index contributed by atoms with van der Waals surface area (Å²) < 4.78 is 36.4. The van der Waals surface area contributed by atoms with Gasteiger partial charge in [-0.25, -0.2) is 12.8 Å². The number of hydrogen-bond donors (Lipinski definition) is 1. The summed E-state index contributed by atoms with van der Waals surface area (Å²) in [5, 5.41) is 3.10. The van der Waals surface area contributed by atoms with Gasteiger partial charge in [-0.2, -0.15) is 0 Å². The van der Waals surface area contributed by atoms with Crippen LogP contribution in [-0.2, 0) is 9.84 Å². The van der Waals surface area contributed by atoms with Gasteiger partial charge in [-0.15, -0.1) is 0 Å². The van der Waals surface area contributed by atoms with Gasteiger partial charge in [0, 0.05) is 5.75 Å². The highest BCUT2D eigenvalue weighted by atomic mass is 32.2. The lowest BCUT2D eigenvalue weighted by molar-refractivity contribution is 0.104. The fourth-order valence-corrected chi connectivity index (χ4v) is 2.75. The molecule has 0 atom stereocenters. The maximum absolute atomic E-state index is 14.0. The molecule has 0 aromatic carbocycles. The molecule has 5 heteroatoms. The van der Waals surface area contributed by atoms with Gasteiger partial charge in [-0.3, -0.25) is 0 Å². The van der Waals surface area contributed by atoms with E-state index >= 15 is 0 Å². The lowest BCUT2D eigenvalue weighted by atomic mass is 9.90. The molecule has 1 saturated heterocycles. The molecule has 1 aliphatic rings. The van der Waals surface area contributed by atoms with Crippen molar-refractivity contribution in [1.29, 1.82) is 0 Å². The molecule has 1 rings (SSSR count). The summed E-state index contributed by atoms with van der Waals surface area (Å²) in [5.74, 6) is 0.288. The van der Waals surface area contributed by atoms with E-state index in [1.54, 1.807) is 6.92 Å². The Hall–Kier alpha value is -0.160. The summed E-state index contributed by atoms with van der Waals surface area (Å²) in [5.41, 5.74) is -1.13. The minimum Gasteiger partial charge on any atom is -0.316 e. The first kappa shape index (κ1) is 12.9. The van der Waals surface area contributed by atoms with E-state index in [9.17, 15) is 12.8 Å². The van der Waals surface area contributed by atoms with Crippen molar-refractivity contribution >= 4 is 9.84 Å². The Morgan fingerprint density at radius 1 is 1.33 bits per heavy atom. The lowest BCUT2D eigenvalue weighted by Crippen LogP contribution is -2.38. The van der Waals surface area contributed by atoms with Crippen LogP contribution >= 0.6 is 0 Å². The van der Waals surface area contributed by atoms with E-state index in [0.29, 0.717) is 38.8 Å². The standard InChI is InChI=1S/C10H20FNO2S/c1-2-15(13,14)9-3-4-10(11)5-7-12-8-6-10/h12H,2-9H2,1H3. The molecule has 0 aliphatic carbocycles. The summed E-state index contributed by atoms with van der Waals surface area (Å²) in [4.78, 5) is 0. The van der Waals surface area contributed by atoms with Gasteiger partial charge in [-0.05, 0) is 38.8 Å². The molecule has 1 N–H and O–H groups in total. The molecule has 0 unspecified atom stereocenters. The number of piperidine rings is 1. The fourth-order valence-electron chi connectivity index (χ4n) is 1.88. The zero-order chi connectivity index (χ0) is 11.4. The highest BCUT2D eigenvalue weighted by Crippen LogP contribution is 2.28. The third-order valence-electron chi connectivity index (χ3n) is 3.02. The largest absolute Gasteiger partial charge is 0.316 e. The molecule has 0 aromatic rings. The summed E-state index contributed by atoms with van der Waals surface area (Å²) in [6.45, 7) is 3.04. The van der Waals surface area contributed by atoms with Gasteiger partial charge in [0.25, 0.3) is 0 Å². The number of halogens is 1. The van der Waals surface area contributed by atoms with Crippen molar-refractivity contribution in [2.45, 2.75) is 38.3 Å². The maximum Gasteiger partial charge on any atom is 0.150 e. The lowest BCUT2D eigenvalue weighted by Gasteiger charge is -2.29. The molecule has 1 aliphatic heterocycles. The van der Waals surface area contributed by atoms with Crippen molar-refractivity contribution in [2.24, 2.45) is 0 Å². The molecular weight excluding hydrogens is 217 g/mol. The van der Waals surface area contributed by atoms with E-state index in [4.69, 9.17) is 0 Å². The molecule has 0 radical (unpaired) electrons. The van der Waals surface area contributed by atoms with Crippen LogP contribution in [0.2, 0.25) is 0 Å². The Bertz CT molecular complexity index is 284. The molecule has 0 bridgehead atoms. The zero-order valence-corrected chi connectivity index (χ0v) is 10.1. The molecule has 15 heavy (non-hydrogen) atoms. The SMILES string of the molecule is CCS(=O)(=O)CCCC1(F)CCNCC1. The number of rotatable bonds is 5. The first-order valence-corrected chi connectivity index (χ1v) is 7.40. The van der Waals surface area contributed by atoms with Gasteiger partial charge >= 0.3 is 0 Å². The Labute approximate surface area is 91.4 Å². The van der Waals surface area contributed by atoms with E-state index < -0.39 is 15.5 Å². The molecule has 0 spiro atoms. The van der Waals surface area contributed by atoms with Crippen molar-refractivity contribution in [3.63, 3.8) is 0 Å². The Morgan fingerprint density at radius 2 is 1.93 bits per heavy atom. The third kappa shape index (κ3) is 4.47. The second-order valence-electron chi connectivity index (χ2n) is 4.24. The van der Waals surface area contributed by atoms with Gasteiger partial charge in [0.1, 0.15) is 15.5 Å². The molecule has 1 heterocycles. The van der Waals surface area contributed by atoms with E-state index in [1.807, 2.05) is 0 Å². The smallest absolute Gasteiger partial charge is 0.150 e. The van der Waals surface area contributed by atoms with Crippen LogP contribution in [0.3, 0.4) is 0 Å². The van der Waals surface area contributed by atoms with Gasteiger partial charge < -0.3 is 5.32 Å². The number of sulfone groups is 1. The first-order valence-electron chi connectivity index (χ1n) is 5.57. The van der Waals surface area contributed by atoms with Crippen molar-refractivity contribution < 1.29 is 12.8 Å². The van der Waals surface area contributed by atoms with E-state index in [0.717, 1.165) is 0 Å². The highest BCUT2D eigenvalue weighted by molar-refractivity contribution is 7.91. The van der Waals surface area contributed by atoms with Crippen LogP contribution in [0.5, 0.6) is 0 Å². The van der Waals surface area contributed by atoms with Crippen LogP contribution in [0.1, 0.15) is 32.6 Å². The van der Waals surface area contributed by atoms with Gasteiger partial charge in [0.05, 0.1) is 5.75 Å². The minimum absolute atomic E-state index is 0.128. The monoisotopic (exact) mass is 237 g/mol. The van der Waals surface area contributed by atoms with E-state index in [2.05, 4.69) is 5.32 Å². The third-order valence-corrected chi connectivity index (χ3v) is 4.81. The molecule has 0 aromatic heterocycles. The fraction of sp³-hybridized carbons (Fsp3) is 1.00. The zero-order valence-electron chi connectivity index (χ0n) is 9.26. The quantitative estimate of drug-likeness (QED) is 0.784. The van der Waals surface area contributed by atoms with Crippen molar-refractivity contribution in [1.82, 2.24) is 5.32 Å². The molecule has 1 fully saturated rings. The average Bonchev–Trinajstić information content (AvgIpc) is 2.18. The van der Waals surface area contributed by atoms with Crippen molar-refractivity contribution in [3.8, 4) is 0 Å². The number of hydrogen-bond acceptors (Lipinski definition) is 3. The number of nitrogens with one attached hydrogen (secondary N) is 1. The molecular formula is C10H20FNO2S. The summed E-state index contributed by atoms with van der Waals surface area (Å²) in [6.07, 6.45) is 1.86. The van der Waals surface area contributed by atoms with Crippen LogP contribution < -0.4 is 5.32 Å². The molecule has 3 nitrogen and oxygen atoms in total. The summed E-state index contributed by atoms with van der Waals surface area (Å²) in [7, 11) is -2.93. The topological polar surface area (TPSA) is 46.2 Å². The van der Waals surface area contributed by atoms with Gasteiger partial charge in [-0.1, -0.05) is 6.92 Å². The summed E-state index contributed by atoms with van der Waals surface area (Å²) >= 11 is 0. The predicted octanol–water partition coefficient (Wildman–Crippen LogP) is 1.29. The van der Waals surface area contributed by atoms with Crippen LogP contribution in [0, 0.1) is 0 Å². The molecule has 90 valence electrons. The maximum atomic E-state index is 14.0. The number of alkyl halides is 1. The van der Waals surface area contributed by atoms with Gasteiger partial charge in [0.15, 0.2) is 0 Å². The normalized spacial score (nSPS) is 21.5. The predicted molar refractivity (Wildman–Crippen MR) is 59.5 cm³/mol. The van der Waals surface area contributed by atoms with Crippen LogP contribution in [-0.4, -0.2) is 38.7 Å². The Kier molecular flexibility index (Phi) is 4.52. The second-order valence-corrected chi connectivity index (χ2v) is 6.71. The van der Waals surface area contributed by atoms with E-state index in [-0.39, 0.29) is 11.5 Å². The average molecular weight is 237 g/mol. The molecule has 0 amide bonds. The van der Waals surface area contributed by atoms with Crippen LogP contribution in [0.25, 0.3) is 0 Å². The second kappa shape index (κ2) is 5.25. The Balaban J connectivity index is 2.30. The van der Waals surface area contributed by atoms with Crippen molar-refractivity contribution in [3.05, 3.63) is 0 Å². The van der Waals surface area contributed by atoms with Crippen molar-refractivity contribution in [2.75, 3.05) is 24.6 Å². The first-order chi connectivity index (χ1) is 6.97. The van der Waals surface area contributed by atoms with Crippen LogP contribution in [0.15, 0.2) is 0 Å². The summed E-state index contributed by atoms with van der Waals surface area (Å²) in [6, 6.07) is 0.